The Kier molecular flexibility index (Phi) is 5.46. The van der Waals surface area contributed by atoms with Crippen LogP contribution in [0.15, 0.2) is 36.5 Å². The molecule has 0 saturated heterocycles. The smallest absolute Gasteiger partial charge is 0.315 e. The van der Waals surface area contributed by atoms with E-state index in [1.54, 1.807) is 12.3 Å². The lowest BCUT2D eigenvalue weighted by Crippen LogP contribution is -2.30. The summed E-state index contributed by atoms with van der Waals surface area (Å²) in [5.41, 5.74) is 3.72. The molecule has 120 valence electrons. The zero-order chi connectivity index (χ0) is 16.8. The van der Waals surface area contributed by atoms with Gasteiger partial charge in [0.05, 0.1) is 0 Å². The van der Waals surface area contributed by atoms with Gasteiger partial charge < -0.3 is 10.6 Å². The SMILES string of the molecule is CCc1cccc(CC)c1NC(=O)C(=O)Nc1cc(C)ccn1. The lowest BCUT2D eigenvalue weighted by molar-refractivity contribution is -0.133. The maximum Gasteiger partial charge on any atom is 0.315 e. The van der Waals surface area contributed by atoms with Crippen LogP contribution in [0.5, 0.6) is 0 Å². The number of amides is 2. The van der Waals surface area contributed by atoms with Crippen molar-refractivity contribution >= 4 is 23.3 Å². The van der Waals surface area contributed by atoms with Crippen molar-refractivity contribution in [2.75, 3.05) is 10.6 Å². The van der Waals surface area contributed by atoms with E-state index in [-0.39, 0.29) is 0 Å². The van der Waals surface area contributed by atoms with Crippen molar-refractivity contribution in [3.8, 4) is 0 Å². The van der Waals surface area contributed by atoms with Crippen LogP contribution in [0.2, 0.25) is 0 Å². The van der Waals surface area contributed by atoms with Gasteiger partial charge in [-0.1, -0.05) is 32.0 Å². The highest BCUT2D eigenvalue weighted by Crippen LogP contribution is 2.22. The van der Waals surface area contributed by atoms with Crippen LogP contribution < -0.4 is 10.6 Å². The lowest BCUT2D eigenvalue weighted by atomic mass is 10.0. The molecule has 0 radical (unpaired) electrons. The number of hydrogen-bond acceptors (Lipinski definition) is 3. The molecular weight excluding hydrogens is 290 g/mol. The number of para-hydroxylation sites is 1. The van der Waals surface area contributed by atoms with Gasteiger partial charge >= 0.3 is 11.8 Å². The van der Waals surface area contributed by atoms with Crippen LogP contribution >= 0.6 is 0 Å². The van der Waals surface area contributed by atoms with E-state index in [0.717, 1.165) is 35.2 Å². The van der Waals surface area contributed by atoms with Crippen molar-refractivity contribution in [3.05, 3.63) is 53.2 Å². The fourth-order valence-corrected chi connectivity index (χ4v) is 2.35. The average Bonchev–Trinajstić information content (AvgIpc) is 2.54. The van der Waals surface area contributed by atoms with Crippen molar-refractivity contribution in [2.45, 2.75) is 33.6 Å². The number of anilines is 2. The lowest BCUT2D eigenvalue weighted by Gasteiger charge is -2.14. The van der Waals surface area contributed by atoms with Crippen LogP contribution in [0.25, 0.3) is 0 Å². The summed E-state index contributed by atoms with van der Waals surface area (Å²) in [5.74, 6) is -1.05. The van der Waals surface area contributed by atoms with E-state index in [0.29, 0.717) is 5.82 Å². The molecule has 0 aliphatic rings. The number of benzene rings is 1. The average molecular weight is 311 g/mol. The second-order valence-electron chi connectivity index (χ2n) is 5.29. The molecule has 5 nitrogen and oxygen atoms in total. The molecule has 2 rings (SSSR count). The number of nitrogens with one attached hydrogen (secondary N) is 2. The van der Waals surface area contributed by atoms with Crippen molar-refractivity contribution in [1.29, 1.82) is 0 Å². The maximum absolute atomic E-state index is 12.2. The third-order valence-corrected chi connectivity index (χ3v) is 3.60. The van der Waals surface area contributed by atoms with Gasteiger partial charge in [0.2, 0.25) is 0 Å². The molecular formula is C18H21N3O2. The first-order chi connectivity index (χ1) is 11.0. The summed E-state index contributed by atoms with van der Waals surface area (Å²) in [5, 5.41) is 5.25. The number of carbonyl (C=O) groups is 2. The molecule has 0 fully saturated rings. The topological polar surface area (TPSA) is 71.1 Å². The first-order valence-electron chi connectivity index (χ1n) is 7.70. The molecule has 1 aromatic carbocycles. The van der Waals surface area contributed by atoms with Gasteiger partial charge in [0.25, 0.3) is 0 Å². The summed E-state index contributed by atoms with van der Waals surface area (Å²) in [6.45, 7) is 5.92. The summed E-state index contributed by atoms with van der Waals surface area (Å²) < 4.78 is 0. The predicted octanol–water partition coefficient (Wildman–Crippen LogP) is 3.09. The Hall–Kier alpha value is -2.69. The quantitative estimate of drug-likeness (QED) is 0.852. The summed E-state index contributed by atoms with van der Waals surface area (Å²) in [6, 6.07) is 9.40. The van der Waals surface area contributed by atoms with E-state index < -0.39 is 11.8 Å². The molecule has 0 bridgehead atoms. The van der Waals surface area contributed by atoms with Gasteiger partial charge in [-0.2, -0.15) is 0 Å². The Morgan fingerprint density at radius 1 is 1.00 bits per heavy atom. The van der Waals surface area contributed by atoms with E-state index in [9.17, 15) is 9.59 Å². The highest BCUT2D eigenvalue weighted by atomic mass is 16.2. The normalized spacial score (nSPS) is 10.2. The van der Waals surface area contributed by atoms with E-state index in [1.807, 2.05) is 45.0 Å². The summed E-state index contributed by atoms with van der Waals surface area (Å²) in [6.07, 6.45) is 3.15. The van der Waals surface area contributed by atoms with Crippen molar-refractivity contribution < 1.29 is 9.59 Å². The van der Waals surface area contributed by atoms with Crippen LogP contribution in [0, 0.1) is 6.92 Å². The maximum atomic E-state index is 12.2. The highest BCUT2D eigenvalue weighted by molar-refractivity contribution is 6.43. The van der Waals surface area contributed by atoms with Gasteiger partial charge in [0, 0.05) is 11.9 Å². The molecule has 1 heterocycles. The summed E-state index contributed by atoms with van der Waals surface area (Å²) in [4.78, 5) is 28.3. The number of aromatic nitrogens is 1. The Bertz CT molecular complexity index is 704. The highest BCUT2D eigenvalue weighted by Gasteiger charge is 2.17. The zero-order valence-electron chi connectivity index (χ0n) is 13.6. The molecule has 2 aromatic rings. The third kappa shape index (κ3) is 4.16. The standard InChI is InChI=1S/C18H21N3O2/c1-4-13-7-6-8-14(5-2)16(13)21-18(23)17(22)20-15-11-12(3)9-10-19-15/h6-11H,4-5H2,1-3H3,(H,21,23)(H,19,20,22). The Labute approximate surface area is 136 Å². The summed E-state index contributed by atoms with van der Waals surface area (Å²) >= 11 is 0. The second-order valence-corrected chi connectivity index (χ2v) is 5.29. The van der Waals surface area contributed by atoms with Crippen LogP contribution in [-0.2, 0) is 22.4 Å². The van der Waals surface area contributed by atoms with Crippen LogP contribution in [0.1, 0.15) is 30.5 Å². The molecule has 0 atom stereocenters. The van der Waals surface area contributed by atoms with Gasteiger partial charge in [0.15, 0.2) is 0 Å². The molecule has 0 saturated carbocycles. The summed E-state index contributed by atoms with van der Waals surface area (Å²) in [7, 11) is 0. The zero-order valence-corrected chi connectivity index (χ0v) is 13.6. The van der Waals surface area contributed by atoms with Crippen LogP contribution in [-0.4, -0.2) is 16.8 Å². The number of hydrogen-bond donors (Lipinski definition) is 2. The van der Waals surface area contributed by atoms with Gasteiger partial charge in [-0.15, -0.1) is 0 Å². The van der Waals surface area contributed by atoms with E-state index >= 15 is 0 Å². The third-order valence-electron chi connectivity index (χ3n) is 3.60. The second kappa shape index (κ2) is 7.54. The van der Waals surface area contributed by atoms with E-state index in [1.165, 1.54) is 0 Å². The largest absolute Gasteiger partial charge is 0.317 e. The van der Waals surface area contributed by atoms with Crippen molar-refractivity contribution in [2.24, 2.45) is 0 Å². The molecule has 23 heavy (non-hydrogen) atoms. The minimum absolute atomic E-state index is 0.365. The fourth-order valence-electron chi connectivity index (χ4n) is 2.35. The van der Waals surface area contributed by atoms with Crippen LogP contribution in [0.4, 0.5) is 11.5 Å². The number of pyridine rings is 1. The molecule has 0 aliphatic heterocycles. The first kappa shape index (κ1) is 16.7. The van der Waals surface area contributed by atoms with Gasteiger partial charge in [-0.25, -0.2) is 4.98 Å². The fraction of sp³-hybridized carbons (Fsp3) is 0.278. The molecule has 2 amide bonds. The predicted molar refractivity (Wildman–Crippen MR) is 91.4 cm³/mol. The van der Waals surface area contributed by atoms with Crippen molar-refractivity contribution in [1.82, 2.24) is 4.98 Å². The number of rotatable bonds is 4. The molecule has 1 aromatic heterocycles. The van der Waals surface area contributed by atoms with Gasteiger partial charge in [0.1, 0.15) is 5.82 Å². The Morgan fingerprint density at radius 2 is 1.61 bits per heavy atom. The number of aryl methyl sites for hydroxylation is 3. The van der Waals surface area contributed by atoms with Gasteiger partial charge in [-0.05, 0) is 48.6 Å². The van der Waals surface area contributed by atoms with Gasteiger partial charge in [-0.3, -0.25) is 9.59 Å². The van der Waals surface area contributed by atoms with E-state index in [2.05, 4.69) is 15.6 Å². The molecule has 0 aliphatic carbocycles. The Balaban J connectivity index is 2.14. The van der Waals surface area contributed by atoms with E-state index in [4.69, 9.17) is 0 Å². The molecule has 0 spiro atoms. The minimum atomic E-state index is -0.726. The molecule has 2 N–H and O–H groups in total. The van der Waals surface area contributed by atoms with Crippen molar-refractivity contribution in [3.63, 3.8) is 0 Å². The first-order valence-corrected chi connectivity index (χ1v) is 7.70. The monoisotopic (exact) mass is 311 g/mol. The number of carbonyl (C=O) groups excluding carboxylic acids is 2. The number of nitrogens with zero attached hydrogens (tertiary/aromatic N) is 1. The molecule has 0 unspecified atom stereocenters. The van der Waals surface area contributed by atoms with Crippen LogP contribution in [0.3, 0.4) is 0 Å². The Morgan fingerprint density at radius 3 is 2.17 bits per heavy atom. The minimum Gasteiger partial charge on any atom is -0.317 e. The molecule has 5 heteroatoms.